The van der Waals surface area contributed by atoms with E-state index in [1.165, 1.54) is 0 Å². The lowest BCUT2D eigenvalue weighted by Gasteiger charge is -1.97. The van der Waals surface area contributed by atoms with Gasteiger partial charge in [0.05, 0.1) is 18.7 Å². The Bertz CT molecular complexity index is 437. The number of hydrogen-bond acceptors (Lipinski definition) is 5. The van der Waals surface area contributed by atoms with Gasteiger partial charge in [0.25, 0.3) is 0 Å². The van der Waals surface area contributed by atoms with Crippen molar-refractivity contribution in [2.45, 2.75) is 6.42 Å². The highest BCUT2D eigenvalue weighted by Gasteiger charge is 2.12. The largest absolute Gasteiger partial charge is 0.454 e. The molecule has 0 saturated heterocycles. The summed E-state index contributed by atoms with van der Waals surface area (Å²) in [7, 11) is 0. The van der Waals surface area contributed by atoms with Gasteiger partial charge in [-0.25, -0.2) is 0 Å². The number of nitrogens with one attached hydrogen (secondary N) is 1. The average Bonchev–Trinajstić information content (AvgIpc) is 2.76. The summed E-state index contributed by atoms with van der Waals surface area (Å²) in [6.45, 7) is 0.827. The Balaban J connectivity index is 1.92. The van der Waals surface area contributed by atoms with Crippen LogP contribution < -0.4 is 14.9 Å². The van der Waals surface area contributed by atoms with Gasteiger partial charge in [-0.05, 0) is 23.8 Å². The second-order valence-electron chi connectivity index (χ2n) is 3.19. The van der Waals surface area contributed by atoms with E-state index in [-0.39, 0.29) is 6.79 Å². The first-order valence-corrected chi connectivity index (χ1v) is 4.92. The van der Waals surface area contributed by atoms with Gasteiger partial charge in [0, 0.05) is 6.54 Å². The van der Waals surface area contributed by atoms with Gasteiger partial charge in [-0.3, -0.25) is 0 Å². The van der Waals surface area contributed by atoms with Gasteiger partial charge in [-0.1, -0.05) is 0 Å². The summed E-state index contributed by atoms with van der Waals surface area (Å²) in [6, 6.07) is 7.62. The van der Waals surface area contributed by atoms with E-state index in [2.05, 4.69) is 10.5 Å². The molecule has 0 atom stereocenters. The van der Waals surface area contributed by atoms with Crippen molar-refractivity contribution in [3.05, 3.63) is 23.8 Å². The van der Waals surface area contributed by atoms with Crippen LogP contribution in [0.25, 0.3) is 0 Å². The third kappa shape index (κ3) is 2.42. The predicted molar refractivity (Wildman–Crippen MR) is 58.4 cm³/mol. The summed E-state index contributed by atoms with van der Waals surface area (Å²) in [5.41, 5.74) is 3.70. The molecular weight excluding hydrogens is 206 g/mol. The van der Waals surface area contributed by atoms with Gasteiger partial charge in [0.2, 0.25) is 6.79 Å². The minimum absolute atomic E-state index is 0.274. The molecule has 1 N–H and O–H groups in total. The number of rotatable bonds is 4. The summed E-state index contributed by atoms with van der Waals surface area (Å²) >= 11 is 0. The van der Waals surface area contributed by atoms with Crippen LogP contribution in [0.4, 0.5) is 0 Å². The average molecular weight is 217 g/mol. The van der Waals surface area contributed by atoms with Crippen molar-refractivity contribution in [1.29, 1.82) is 5.26 Å². The first kappa shape index (κ1) is 10.3. The molecule has 0 aliphatic carbocycles. The molecule has 0 fully saturated rings. The second kappa shape index (κ2) is 5.03. The minimum atomic E-state index is 0.274. The summed E-state index contributed by atoms with van der Waals surface area (Å²) in [5, 5.41) is 12.3. The molecule has 0 spiro atoms. The predicted octanol–water partition coefficient (Wildman–Crippen LogP) is 1.25. The number of nitrogens with zero attached hydrogens (tertiary/aromatic N) is 2. The number of fused-ring (bicyclic) bond motifs is 1. The molecule has 1 aromatic carbocycles. The van der Waals surface area contributed by atoms with Crippen LogP contribution in [0.2, 0.25) is 0 Å². The number of hydrazone groups is 1. The molecule has 0 saturated carbocycles. The third-order valence-electron chi connectivity index (χ3n) is 2.05. The molecule has 1 heterocycles. The van der Waals surface area contributed by atoms with Gasteiger partial charge >= 0.3 is 0 Å². The SMILES string of the molecule is N#CCCN/N=C\c1ccc2c(c1)OCO2. The molecule has 0 radical (unpaired) electrons. The summed E-state index contributed by atoms with van der Waals surface area (Å²) in [4.78, 5) is 0. The molecule has 82 valence electrons. The zero-order valence-corrected chi connectivity index (χ0v) is 8.64. The maximum Gasteiger partial charge on any atom is 0.231 e. The number of ether oxygens (including phenoxy) is 2. The van der Waals surface area contributed by atoms with Gasteiger partial charge in [-0.15, -0.1) is 0 Å². The van der Waals surface area contributed by atoms with Crippen LogP contribution in [0.5, 0.6) is 11.5 Å². The van der Waals surface area contributed by atoms with Crippen LogP contribution in [0.15, 0.2) is 23.3 Å². The highest BCUT2D eigenvalue weighted by Crippen LogP contribution is 2.31. The first-order chi connectivity index (χ1) is 7.90. The molecule has 5 heteroatoms. The lowest BCUT2D eigenvalue weighted by Crippen LogP contribution is -2.06. The van der Waals surface area contributed by atoms with Crippen molar-refractivity contribution in [3.63, 3.8) is 0 Å². The molecule has 0 unspecified atom stereocenters. The Morgan fingerprint density at radius 1 is 1.44 bits per heavy atom. The smallest absolute Gasteiger partial charge is 0.231 e. The molecule has 1 aliphatic heterocycles. The first-order valence-electron chi connectivity index (χ1n) is 4.92. The highest BCUT2D eigenvalue weighted by molar-refractivity contribution is 5.80. The Morgan fingerprint density at radius 2 is 2.31 bits per heavy atom. The summed E-state index contributed by atoms with van der Waals surface area (Å²) in [6.07, 6.45) is 2.12. The molecular formula is C11H11N3O2. The Morgan fingerprint density at radius 3 is 3.19 bits per heavy atom. The zero-order chi connectivity index (χ0) is 11.2. The van der Waals surface area contributed by atoms with Crippen LogP contribution in [0.3, 0.4) is 0 Å². The van der Waals surface area contributed by atoms with Crippen molar-refractivity contribution in [3.8, 4) is 17.6 Å². The molecule has 1 aliphatic rings. The van der Waals surface area contributed by atoms with E-state index in [0.717, 1.165) is 17.1 Å². The molecule has 5 nitrogen and oxygen atoms in total. The quantitative estimate of drug-likeness (QED) is 0.468. The maximum absolute atomic E-state index is 8.32. The van der Waals surface area contributed by atoms with E-state index >= 15 is 0 Å². The molecule has 16 heavy (non-hydrogen) atoms. The van der Waals surface area contributed by atoms with Gasteiger partial charge in [0.1, 0.15) is 0 Å². The number of hydrogen-bond donors (Lipinski definition) is 1. The van der Waals surface area contributed by atoms with E-state index in [9.17, 15) is 0 Å². The van der Waals surface area contributed by atoms with Crippen molar-refractivity contribution < 1.29 is 9.47 Å². The summed E-state index contributed by atoms with van der Waals surface area (Å²) in [5.74, 6) is 1.50. The van der Waals surface area contributed by atoms with E-state index < -0.39 is 0 Å². The molecule has 1 aromatic rings. The van der Waals surface area contributed by atoms with E-state index in [4.69, 9.17) is 14.7 Å². The van der Waals surface area contributed by atoms with Crippen LogP contribution in [0.1, 0.15) is 12.0 Å². The molecule has 0 aromatic heterocycles. The standard InChI is InChI=1S/C11H11N3O2/c12-4-1-5-13-14-7-9-2-3-10-11(6-9)16-8-15-10/h2-3,6-7,13H,1,5,8H2/b14-7-. The molecule has 2 rings (SSSR count). The highest BCUT2D eigenvalue weighted by atomic mass is 16.7. The Labute approximate surface area is 93.3 Å². The Hall–Kier alpha value is -2.22. The van der Waals surface area contributed by atoms with Crippen molar-refractivity contribution >= 4 is 6.21 Å². The Kier molecular flexibility index (Phi) is 3.24. The van der Waals surface area contributed by atoms with Crippen molar-refractivity contribution in [2.75, 3.05) is 13.3 Å². The van der Waals surface area contributed by atoms with E-state index in [1.54, 1.807) is 6.21 Å². The van der Waals surface area contributed by atoms with Crippen LogP contribution >= 0.6 is 0 Å². The van der Waals surface area contributed by atoms with Gasteiger partial charge < -0.3 is 14.9 Å². The van der Waals surface area contributed by atoms with Crippen LogP contribution in [-0.4, -0.2) is 19.6 Å². The topological polar surface area (TPSA) is 66.6 Å². The fraction of sp³-hybridized carbons (Fsp3) is 0.273. The zero-order valence-electron chi connectivity index (χ0n) is 8.64. The lowest BCUT2D eigenvalue weighted by atomic mass is 10.2. The molecule has 0 bridgehead atoms. The van der Waals surface area contributed by atoms with Gasteiger partial charge in [-0.2, -0.15) is 10.4 Å². The van der Waals surface area contributed by atoms with Crippen LogP contribution in [0, 0.1) is 11.3 Å². The second-order valence-corrected chi connectivity index (χ2v) is 3.19. The van der Waals surface area contributed by atoms with E-state index in [1.807, 2.05) is 24.3 Å². The molecule has 0 amide bonds. The third-order valence-corrected chi connectivity index (χ3v) is 2.05. The van der Waals surface area contributed by atoms with Crippen molar-refractivity contribution in [1.82, 2.24) is 5.43 Å². The number of benzene rings is 1. The summed E-state index contributed by atoms with van der Waals surface area (Å²) < 4.78 is 10.4. The van der Waals surface area contributed by atoms with Crippen molar-refractivity contribution in [2.24, 2.45) is 5.10 Å². The lowest BCUT2D eigenvalue weighted by molar-refractivity contribution is 0.174. The maximum atomic E-state index is 8.32. The van der Waals surface area contributed by atoms with E-state index in [0.29, 0.717) is 13.0 Å². The van der Waals surface area contributed by atoms with Crippen LogP contribution in [-0.2, 0) is 0 Å². The minimum Gasteiger partial charge on any atom is -0.454 e. The fourth-order valence-corrected chi connectivity index (χ4v) is 1.29. The van der Waals surface area contributed by atoms with Gasteiger partial charge in [0.15, 0.2) is 11.5 Å². The fourth-order valence-electron chi connectivity index (χ4n) is 1.29. The number of nitriles is 1. The monoisotopic (exact) mass is 217 g/mol. The normalized spacial score (nSPS) is 12.7.